The van der Waals surface area contributed by atoms with Gasteiger partial charge in [0.15, 0.2) is 17.5 Å². The Balaban J connectivity index is 1.86. The van der Waals surface area contributed by atoms with Gasteiger partial charge in [0.2, 0.25) is 5.95 Å². The number of nitrogens with one attached hydrogen (secondary N) is 2. The summed E-state index contributed by atoms with van der Waals surface area (Å²) in [6.07, 6.45) is 4.49. The number of H-pyrrole nitrogens is 2. The van der Waals surface area contributed by atoms with Gasteiger partial charge in [-0.05, 0) is 24.8 Å². The monoisotopic (exact) mass is 261 g/mol. The van der Waals surface area contributed by atoms with Crippen LogP contribution in [0.2, 0.25) is 0 Å². The number of anilines is 1. The number of nitrogens with zero attached hydrogens (tertiary/aromatic N) is 3. The summed E-state index contributed by atoms with van der Waals surface area (Å²) >= 11 is 0. The lowest BCUT2D eigenvalue weighted by Crippen LogP contribution is -2.42. The molecule has 0 saturated carbocycles. The molecule has 0 spiro atoms. The Bertz CT molecular complexity index is 637. The summed E-state index contributed by atoms with van der Waals surface area (Å²) in [6.45, 7) is 4.69. The van der Waals surface area contributed by atoms with Crippen LogP contribution < -0.4 is 16.2 Å². The highest BCUT2D eigenvalue weighted by atomic mass is 16.1. The van der Waals surface area contributed by atoms with E-state index in [0.29, 0.717) is 23.7 Å². The fraction of sp³-hybridized carbons (Fsp3) is 0.583. The van der Waals surface area contributed by atoms with Gasteiger partial charge in [-0.3, -0.25) is 4.79 Å². The molecular formula is C12H17N6O. The standard InChI is InChI=1S/C12H17N6O/c1-12(6-13)2-4-18(5-3-12)11-16-8-9(17-11)14-7-15-10(8)19/h2-6,13H2,1H3,(H2,14,15,16,17,19). The maximum atomic E-state index is 11.6. The van der Waals surface area contributed by atoms with E-state index in [0.717, 1.165) is 25.9 Å². The first-order valence-electron chi connectivity index (χ1n) is 6.42. The molecule has 1 saturated heterocycles. The summed E-state index contributed by atoms with van der Waals surface area (Å²) in [7, 11) is 0. The molecule has 0 bridgehead atoms. The summed E-state index contributed by atoms with van der Waals surface area (Å²) < 4.78 is 0. The first kappa shape index (κ1) is 12.2. The van der Waals surface area contributed by atoms with Crippen molar-refractivity contribution in [1.29, 1.82) is 0 Å². The second-order valence-electron chi connectivity index (χ2n) is 5.44. The normalized spacial score (nSPS) is 18.9. The van der Waals surface area contributed by atoms with E-state index in [4.69, 9.17) is 5.73 Å². The van der Waals surface area contributed by atoms with Crippen molar-refractivity contribution in [3.05, 3.63) is 16.7 Å². The maximum absolute atomic E-state index is 11.6. The zero-order valence-corrected chi connectivity index (χ0v) is 10.9. The van der Waals surface area contributed by atoms with E-state index >= 15 is 0 Å². The molecule has 1 fully saturated rings. The molecule has 2 aromatic heterocycles. The summed E-state index contributed by atoms with van der Waals surface area (Å²) in [4.78, 5) is 27.5. The summed E-state index contributed by atoms with van der Waals surface area (Å²) in [6, 6.07) is 0. The number of hydrogen-bond acceptors (Lipinski definition) is 5. The zero-order chi connectivity index (χ0) is 13.5. The second-order valence-corrected chi connectivity index (χ2v) is 5.44. The molecule has 3 rings (SSSR count). The Labute approximate surface area is 110 Å². The fourth-order valence-corrected chi connectivity index (χ4v) is 2.40. The molecular weight excluding hydrogens is 244 g/mol. The molecule has 0 amide bonds. The van der Waals surface area contributed by atoms with Gasteiger partial charge >= 0.3 is 0 Å². The molecule has 0 aromatic carbocycles. The predicted molar refractivity (Wildman–Crippen MR) is 72.0 cm³/mol. The van der Waals surface area contributed by atoms with Gasteiger partial charge in [-0.1, -0.05) is 6.92 Å². The lowest BCUT2D eigenvalue weighted by Gasteiger charge is -2.38. The van der Waals surface area contributed by atoms with Gasteiger partial charge in [-0.15, -0.1) is 0 Å². The van der Waals surface area contributed by atoms with Crippen LogP contribution in [0.1, 0.15) is 19.8 Å². The van der Waals surface area contributed by atoms with E-state index in [1.165, 1.54) is 0 Å². The van der Waals surface area contributed by atoms with Crippen molar-refractivity contribution >= 4 is 17.1 Å². The van der Waals surface area contributed by atoms with Crippen LogP contribution in [0.5, 0.6) is 0 Å². The molecule has 7 nitrogen and oxygen atoms in total. The molecule has 2 aromatic rings. The van der Waals surface area contributed by atoms with Crippen LogP contribution in [0.25, 0.3) is 11.2 Å². The Morgan fingerprint density at radius 3 is 2.84 bits per heavy atom. The molecule has 0 aliphatic carbocycles. The van der Waals surface area contributed by atoms with Crippen LogP contribution in [-0.2, 0) is 0 Å². The quantitative estimate of drug-likeness (QED) is 0.706. The van der Waals surface area contributed by atoms with Gasteiger partial charge in [0, 0.05) is 13.1 Å². The van der Waals surface area contributed by atoms with Gasteiger partial charge in [0.05, 0.1) is 0 Å². The van der Waals surface area contributed by atoms with Crippen molar-refractivity contribution in [2.75, 3.05) is 24.5 Å². The summed E-state index contributed by atoms with van der Waals surface area (Å²) in [5, 5.41) is 0. The van der Waals surface area contributed by atoms with Crippen molar-refractivity contribution in [1.82, 2.24) is 19.9 Å². The number of fused-ring (bicyclic) bond motifs is 1. The molecule has 1 aliphatic rings. The molecule has 0 atom stereocenters. The first-order chi connectivity index (χ1) is 9.11. The molecule has 7 heteroatoms. The highest BCUT2D eigenvalue weighted by Gasteiger charge is 2.29. The Morgan fingerprint density at radius 1 is 1.47 bits per heavy atom. The molecule has 3 heterocycles. The summed E-state index contributed by atoms with van der Waals surface area (Å²) in [5.41, 5.74) is 6.58. The van der Waals surface area contributed by atoms with Crippen LogP contribution in [0.4, 0.5) is 5.95 Å². The minimum absolute atomic E-state index is 0.214. The SMILES string of the molecule is CC1(CN)CCN(c2nc3n[c][nH]c(=O)c3[nH]2)CC1. The van der Waals surface area contributed by atoms with Crippen molar-refractivity contribution in [2.24, 2.45) is 11.1 Å². The van der Waals surface area contributed by atoms with Crippen molar-refractivity contribution < 1.29 is 0 Å². The van der Waals surface area contributed by atoms with E-state index in [1.807, 2.05) is 0 Å². The largest absolute Gasteiger partial charge is 0.342 e. The highest BCUT2D eigenvalue weighted by Crippen LogP contribution is 2.31. The minimum Gasteiger partial charge on any atom is -0.342 e. The van der Waals surface area contributed by atoms with E-state index in [1.54, 1.807) is 0 Å². The smallest absolute Gasteiger partial charge is 0.277 e. The van der Waals surface area contributed by atoms with Crippen LogP contribution in [-0.4, -0.2) is 39.6 Å². The van der Waals surface area contributed by atoms with Crippen LogP contribution >= 0.6 is 0 Å². The van der Waals surface area contributed by atoms with E-state index in [-0.39, 0.29) is 11.0 Å². The van der Waals surface area contributed by atoms with Gasteiger partial charge in [-0.2, -0.15) is 4.98 Å². The van der Waals surface area contributed by atoms with Crippen molar-refractivity contribution in [3.8, 4) is 0 Å². The predicted octanol–water partition coefficient (Wildman–Crippen LogP) is 0.0116. The second kappa shape index (κ2) is 4.34. The molecule has 19 heavy (non-hydrogen) atoms. The third-order valence-electron chi connectivity index (χ3n) is 3.99. The molecule has 4 N–H and O–H groups in total. The number of nitrogens with two attached hydrogens (primary N) is 1. The first-order valence-corrected chi connectivity index (χ1v) is 6.42. The zero-order valence-electron chi connectivity index (χ0n) is 10.9. The fourth-order valence-electron chi connectivity index (χ4n) is 2.40. The van der Waals surface area contributed by atoms with Crippen molar-refractivity contribution in [3.63, 3.8) is 0 Å². The van der Waals surface area contributed by atoms with Crippen LogP contribution in [0.15, 0.2) is 4.79 Å². The number of hydrogen-bond donors (Lipinski definition) is 3. The Kier molecular flexibility index (Phi) is 2.78. The molecule has 1 aliphatic heterocycles. The lowest BCUT2D eigenvalue weighted by molar-refractivity contribution is 0.257. The number of imidazole rings is 1. The van der Waals surface area contributed by atoms with Crippen molar-refractivity contribution in [2.45, 2.75) is 19.8 Å². The van der Waals surface area contributed by atoms with Gasteiger partial charge in [0.1, 0.15) is 0 Å². The summed E-state index contributed by atoms with van der Waals surface area (Å²) in [5.74, 6) is 0.701. The molecule has 0 unspecified atom stereocenters. The van der Waals surface area contributed by atoms with Gasteiger partial charge < -0.3 is 20.6 Å². The lowest BCUT2D eigenvalue weighted by atomic mass is 9.81. The average Bonchev–Trinajstić information content (AvgIpc) is 2.85. The number of rotatable bonds is 2. The molecule has 1 radical (unpaired) electrons. The highest BCUT2D eigenvalue weighted by molar-refractivity contribution is 5.71. The average molecular weight is 261 g/mol. The third-order valence-corrected chi connectivity index (χ3v) is 3.99. The van der Waals surface area contributed by atoms with E-state index in [9.17, 15) is 4.79 Å². The number of piperidine rings is 1. The van der Waals surface area contributed by atoms with E-state index < -0.39 is 0 Å². The molecule has 101 valence electrons. The number of aromatic nitrogens is 4. The van der Waals surface area contributed by atoms with Crippen LogP contribution in [0, 0.1) is 11.7 Å². The van der Waals surface area contributed by atoms with Gasteiger partial charge in [0.25, 0.3) is 5.56 Å². The maximum Gasteiger partial charge on any atom is 0.277 e. The topological polar surface area (TPSA) is 104 Å². The van der Waals surface area contributed by atoms with E-state index in [2.05, 4.69) is 38.1 Å². The Morgan fingerprint density at radius 2 is 2.21 bits per heavy atom. The van der Waals surface area contributed by atoms with Gasteiger partial charge in [-0.25, -0.2) is 4.98 Å². The Hall–Kier alpha value is -1.89. The minimum atomic E-state index is -0.243. The third kappa shape index (κ3) is 2.10. The number of aromatic amines is 2. The van der Waals surface area contributed by atoms with Crippen LogP contribution in [0.3, 0.4) is 0 Å².